The minimum absolute atomic E-state index is 0.0784. The number of sulfonamides is 1. The van der Waals surface area contributed by atoms with E-state index in [4.69, 9.17) is 4.52 Å². The number of benzene rings is 1. The lowest BCUT2D eigenvalue weighted by Gasteiger charge is -2.05. The number of amides is 1. The minimum Gasteiger partial charge on any atom is -0.354 e. The summed E-state index contributed by atoms with van der Waals surface area (Å²) in [6.45, 7) is 3.44. The summed E-state index contributed by atoms with van der Waals surface area (Å²) >= 11 is 1.03. The van der Waals surface area contributed by atoms with E-state index in [1.165, 1.54) is 24.3 Å². The van der Waals surface area contributed by atoms with E-state index in [0.29, 0.717) is 28.4 Å². The van der Waals surface area contributed by atoms with Crippen molar-refractivity contribution in [2.24, 2.45) is 0 Å². The molecule has 10 heteroatoms. The molecule has 0 spiro atoms. The van der Waals surface area contributed by atoms with E-state index in [1.54, 1.807) is 32.1 Å². The minimum atomic E-state index is -3.84. The number of hydrogen-bond acceptors (Lipinski definition) is 6. The molecule has 0 aliphatic rings. The van der Waals surface area contributed by atoms with E-state index < -0.39 is 15.8 Å². The zero-order valence-electron chi connectivity index (χ0n) is 15.6. The molecular formula is C19H18FN3O4S2. The molecule has 0 bridgehead atoms. The van der Waals surface area contributed by atoms with Crippen LogP contribution in [0.3, 0.4) is 0 Å². The van der Waals surface area contributed by atoms with Gasteiger partial charge in [0.05, 0.1) is 5.69 Å². The highest BCUT2D eigenvalue weighted by Gasteiger charge is 2.17. The quantitative estimate of drug-likeness (QED) is 0.569. The summed E-state index contributed by atoms with van der Waals surface area (Å²) in [6, 6.07) is 8.31. The van der Waals surface area contributed by atoms with Crippen LogP contribution < -0.4 is 10.0 Å². The molecule has 2 heterocycles. The van der Waals surface area contributed by atoms with Crippen LogP contribution in [0.15, 0.2) is 45.1 Å². The molecule has 2 N–H and O–H groups in total. The van der Waals surface area contributed by atoms with Crippen LogP contribution in [0.2, 0.25) is 0 Å². The first kappa shape index (κ1) is 20.7. The summed E-state index contributed by atoms with van der Waals surface area (Å²) in [4.78, 5) is 12.3. The van der Waals surface area contributed by atoms with Gasteiger partial charge in [-0.1, -0.05) is 18.1 Å². The highest BCUT2D eigenvalue weighted by molar-refractivity contribution is 7.94. The maximum atomic E-state index is 13.3. The lowest BCUT2D eigenvalue weighted by atomic mass is 10.2. The highest BCUT2D eigenvalue weighted by atomic mass is 32.2. The van der Waals surface area contributed by atoms with E-state index in [9.17, 15) is 17.6 Å². The number of aryl methyl sites for hydroxylation is 1. The standard InChI is InChI=1S/C19H18FN3O4S2/c1-3-17(24)21-19-12(2)22-27-16(19)9-7-15-8-10-18(28-15)29(25,26)23-14-6-4-5-13(20)11-14/h4-11,23H,3H2,1-2H3,(H,21,24). The zero-order chi connectivity index (χ0) is 21.0. The van der Waals surface area contributed by atoms with Gasteiger partial charge in [0.1, 0.15) is 21.4 Å². The second-order valence-corrected chi connectivity index (χ2v) is 9.04. The maximum Gasteiger partial charge on any atom is 0.271 e. The van der Waals surface area contributed by atoms with Crippen LogP contribution in [0.25, 0.3) is 12.2 Å². The third-order valence-electron chi connectivity index (χ3n) is 3.82. The number of hydrogen-bond donors (Lipinski definition) is 2. The summed E-state index contributed by atoms with van der Waals surface area (Å²) in [5.41, 5.74) is 1.16. The maximum absolute atomic E-state index is 13.3. The third-order valence-corrected chi connectivity index (χ3v) is 6.74. The Bertz CT molecular complexity index is 1170. The molecule has 0 atom stereocenters. The van der Waals surface area contributed by atoms with Crippen LogP contribution in [-0.4, -0.2) is 19.5 Å². The molecule has 1 amide bonds. The van der Waals surface area contributed by atoms with Gasteiger partial charge in [-0.15, -0.1) is 11.3 Å². The Kier molecular flexibility index (Phi) is 6.14. The Labute approximate surface area is 171 Å². The molecule has 0 fully saturated rings. The van der Waals surface area contributed by atoms with Crippen molar-refractivity contribution in [1.29, 1.82) is 0 Å². The lowest BCUT2D eigenvalue weighted by molar-refractivity contribution is -0.115. The summed E-state index contributed by atoms with van der Waals surface area (Å²) in [7, 11) is -3.84. The number of carbonyl (C=O) groups excluding carboxylic acids is 1. The average Bonchev–Trinajstić information content (AvgIpc) is 3.28. The first-order valence-electron chi connectivity index (χ1n) is 8.61. The molecule has 0 aliphatic heterocycles. The van der Waals surface area contributed by atoms with Gasteiger partial charge < -0.3 is 9.84 Å². The molecule has 1 aromatic carbocycles. The van der Waals surface area contributed by atoms with Crippen molar-refractivity contribution in [2.75, 3.05) is 10.0 Å². The number of nitrogens with zero attached hydrogens (tertiary/aromatic N) is 1. The first-order valence-corrected chi connectivity index (χ1v) is 10.9. The molecule has 0 saturated heterocycles. The molecule has 3 rings (SSSR count). The Hall–Kier alpha value is -2.98. The van der Waals surface area contributed by atoms with Crippen LogP contribution in [0.4, 0.5) is 15.8 Å². The fourth-order valence-electron chi connectivity index (χ4n) is 2.36. The fraction of sp³-hybridized carbons (Fsp3) is 0.158. The van der Waals surface area contributed by atoms with Crippen LogP contribution in [0, 0.1) is 12.7 Å². The molecular weight excluding hydrogens is 417 g/mol. The van der Waals surface area contributed by atoms with Crippen molar-refractivity contribution in [3.05, 3.63) is 58.5 Å². The zero-order valence-corrected chi connectivity index (χ0v) is 17.2. The Morgan fingerprint density at radius 2 is 2.07 bits per heavy atom. The van der Waals surface area contributed by atoms with E-state index in [-0.39, 0.29) is 15.8 Å². The Morgan fingerprint density at radius 3 is 2.79 bits per heavy atom. The van der Waals surface area contributed by atoms with E-state index in [2.05, 4.69) is 15.2 Å². The predicted molar refractivity (Wildman–Crippen MR) is 111 cm³/mol. The second kappa shape index (κ2) is 8.58. The summed E-state index contributed by atoms with van der Waals surface area (Å²) in [6.07, 6.45) is 3.58. The van der Waals surface area contributed by atoms with E-state index in [0.717, 1.165) is 17.4 Å². The Balaban J connectivity index is 1.78. The number of anilines is 2. The number of thiophene rings is 1. The number of nitrogens with one attached hydrogen (secondary N) is 2. The lowest BCUT2D eigenvalue weighted by Crippen LogP contribution is -2.11. The van der Waals surface area contributed by atoms with Gasteiger partial charge in [-0.05, 0) is 49.4 Å². The molecule has 0 saturated carbocycles. The van der Waals surface area contributed by atoms with Crippen molar-refractivity contribution in [1.82, 2.24) is 5.16 Å². The largest absolute Gasteiger partial charge is 0.354 e. The monoisotopic (exact) mass is 435 g/mol. The second-order valence-electron chi connectivity index (χ2n) is 6.01. The average molecular weight is 436 g/mol. The molecule has 7 nitrogen and oxygen atoms in total. The number of carbonyl (C=O) groups is 1. The van der Waals surface area contributed by atoms with Crippen molar-refractivity contribution in [2.45, 2.75) is 24.5 Å². The van der Waals surface area contributed by atoms with Crippen LogP contribution in [-0.2, 0) is 14.8 Å². The normalized spacial score (nSPS) is 11.7. The van der Waals surface area contributed by atoms with Gasteiger partial charge in [-0.2, -0.15) is 0 Å². The van der Waals surface area contributed by atoms with Gasteiger partial charge >= 0.3 is 0 Å². The molecule has 3 aromatic rings. The first-order chi connectivity index (χ1) is 13.8. The van der Waals surface area contributed by atoms with Crippen molar-refractivity contribution >= 4 is 50.8 Å². The number of rotatable bonds is 7. The molecule has 152 valence electrons. The van der Waals surface area contributed by atoms with Gasteiger partial charge in [0.2, 0.25) is 5.91 Å². The van der Waals surface area contributed by atoms with Gasteiger partial charge in [-0.3, -0.25) is 9.52 Å². The smallest absolute Gasteiger partial charge is 0.271 e. The van der Waals surface area contributed by atoms with E-state index >= 15 is 0 Å². The highest BCUT2D eigenvalue weighted by Crippen LogP contribution is 2.27. The van der Waals surface area contributed by atoms with Gasteiger partial charge in [0.15, 0.2) is 5.76 Å². The summed E-state index contributed by atoms with van der Waals surface area (Å²) < 4.78 is 45.9. The van der Waals surface area contributed by atoms with E-state index in [1.807, 2.05) is 0 Å². The third kappa shape index (κ3) is 5.09. The summed E-state index contributed by atoms with van der Waals surface area (Å²) in [5, 5.41) is 6.57. The molecule has 0 unspecified atom stereocenters. The van der Waals surface area contributed by atoms with Gasteiger partial charge in [0, 0.05) is 11.3 Å². The summed E-state index contributed by atoms with van der Waals surface area (Å²) in [5.74, 6) is -0.341. The van der Waals surface area contributed by atoms with Crippen molar-refractivity contribution < 1.29 is 22.1 Å². The van der Waals surface area contributed by atoms with Gasteiger partial charge in [-0.25, -0.2) is 12.8 Å². The predicted octanol–water partition coefficient (Wildman–Crippen LogP) is 4.50. The molecule has 0 radical (unpaired) electrons. The SMILES string of the molecule is CCC(=O)Nc1c(C)noc1C=Cc1ccc(S(=O)(=O)Nc2cccc(F)c2)s1. The van der Waals surface area contributed by atoms with Crippen LogP contribution in [0.5, 0.6) is 0 Å². The molecule has 2 aromatic heterocycles. The number of halogens is 1. The van der Waals surface area contributed by atoms with Crippen LogP contribution in [0.1, 0.15) is 29.7 Å². The van der Waals surface area contributed by atoms with Crippen molar-refractivity contribution in [3.63, 3.8) is 0 Å². The molecule has 29 heavy (non-hydrogen) atoms. The van der Waals surface area contributed by atoms with Crippen molar-refractivity contribution in [3.8, 4) is 0 Å². The fourth-order valence-corrected chi connectivity index (χ4v) is 4.64. The topological polar surface area (TPSA) is 101 Å². The molecule has 0 aliphatic carbocycles. The van der Waals surface area contributed by atoms with Crippen LogP contribution >= 0.6 is 11.3 Å². The van der Waals surface area contributed by atoms with Gasteiger partial charge in [0.25, 0.3) is 10.0 Å². The Morgan fingerprint density at radius 1 is 1.28 bits per heavy atom. The number of aromatic nitrogens is 1.